The van der Waals surface area contributed by atoms with E-state index in [1.165, 1.54) is 6.07 Å². The number of imidazole rings is 1. The first-order valence-corrected chi connectivity index (χ1v) is 8.77. The van der Waals surface area contributed by atoms with Crippen molar-refractivity contribution < 1.29 is 8.81 Å². The summed E-state index contributed by atoms with van der Waals surface area (Å²) in [5.41, 5.74) is 4.92. The number of hydrogen-bond donors (Lipinski definition) is 0. The highest BCUT2D eigenvalue weighted by Crippen LogP contribution is 2.31. The Kier molecular flexibility index (Phi) is 3.70. The van der Waals surface area contributed by atoms with E-state index < -0.39 is 0 Å². The lowest BCUT2D eigenvalue weighted by atomic mass is 9.98. The van der Waals surface area contributed by atoms with Crippen molar-refractivity contribution in [2.24, 2.45) is 4.99 Å². The number of fused-ring (bicyclic) bond motifs is 3. The standard InChI is InChI=1S/C23H14FN3O/c1-2-15-9-10-19-17(12-15)22(16-6-3-4-7-18(16)24)25-13-20-23(26-14-27(19)20)21-8-5-11-28-21/h1,3-12,14H,13H2. The number of hydrogen-bond acceptors (Lipinski definition) is 3. The number of rotatable bonds is 2. The number of furan rings is 1. The smallest absolute Gasteiger partial charge is 0.154 e. The van der Waals surface area contributed by atoms with Crippen LogP contribution in [0.3, 0.4) is 0 Å². The van der Waals surface area contributed by atoms with Gasteiger partial charge in [-0.3, -0.25) is 9.56 Å². The minimum absolute atomic E-state index is 0.325. The highest BCUT2D eigenvalue weighted by molar-refractivity contribution is 6.15. The van der Waals surface area contributed by atoms with Crippen LogP contribution in [-0.2, 0) is 6.54 Å². The molecule has 0 atom stereocenters. The zero-order valence-corrected chi connectivity index (χ0v) is 14.8. The van der Waals surface area contributed by atoms with E-state index in [0.29, 0.717) is 29.1 Å². The molecule has 0 fully saturated rings. The van der Waals surface area contributed by atoms with Crippen LogP contribution >= 0.6 is 0 Å². The first-order valence-electron chi connectivity index (χ1n) is 8.77. The lowest BCUT2D eigenvalue weighted by Crippen LogP contribution is -2.09. The van der Waals surface area contributed by atoms with Crippen molar-refractivity contribution in [3.8, 4) is 29.5 Å². The monoisotopic (exact) mass is 367 g/mol. The number of halogens is 1. The molecule has 5 heteroatoms. The summed E-state index contributed by atoms with van der Waals surface area (Å²) in [6, 6.07) is 15.9. The van der Waals surface area contributed by atoms with Crippen molar-refractivity contribution in [1.29, 1.82) is 0 Å². The fourth-order valence-electron chi connectivity index (χ4n) is 3.50. The highest BCUT2D eigenvalue weighted by atomic mass is 19.1. The Hall–Kier alpha value is -3.91. The molecule has 1 aliphatic heterocycles. The van der Waals surface area contributed by atoms with Crippen molar-refractivity contribution in [2.45, 2.75) is 6.54 Å². The Balaban J connectivity index is 1.78. The van der Waals surface area contributed by atoms with Crippen LogP contribution in [-0.4, -0.2) is 15.3 Å². The van der Waals surface area contributed by atoms with E-state index in [4.69, 9.17) is 15.8 Å². The molecule has 5 rings (SSSR count). The van der Waals surface area contributed by atoms with Crippen LogP contribution in [0.15, 0.2) is 76.6 Å². The summed E-state index contributed by atoms with van der Waals surface area (Å²) in [5, 5.41) is 0. The highest BCUT2D eigenvalue weighted by Gasteiger charge is 2.24. The number of nitrogens with zero attached hydrogens (tertiary/aromatic N) is 3. The molecule has 0 saturated carbocycles. The number of aliphatic imine (C=N–C) groups is 1. The second-order valence-electron chi connectivity index (χ2n) is 6.41. The normalized spacial score (nSPS) is 12.5. The van der Waals surface area contributed by atoms with E-state index >= 15 is 0 Å². The first kappa shape index (κ1) is 16.3. The molecule has 0 unspecified atom stereocenters. The van der Waals surface area contributed by atoms with Crippen molar-refractivity contribution in [3.63, 3.8) is 0 Å². The second kappa shape index (κ2) is 6.36. The van der Waals surface area contributed by atoms with Gasteiger partial charge in [-0.25, -0.2) is 9.37 Å². The Morgan fingerprint density at radius 3 is 2.75 bits per heavy atom. The van der Waals surface area contributed by atoms with Gasteiger partial charge >= 0.3 is 0 Å². The predicted molar refractivity (Wildman–Crippen MR) is 105 cm³/mol. The zero-order chi connectivity index (χ0) is 19.1. The second-order valence-corrected chi connectivity index (χ2v) is 6.41. The molecule has 0 N–H and O–H groups in total. The Morgan fingerprint density at radius 1 is 1.07 bits per heavy atom. The van der Waals surface area contributed by atoms with Crippen LogP contribution < -0.4 is 0 Å². The lowest BCUT2D eigenvalue weighted by Gasteiger charge is -2.13. The third kappa shape index (κ3) is 2.47. The lowest BCUT2D eigenvalue weighted by molar-refractivity contribution is 0.579. The molecule has 0 aliphatic carbocycles. The molecule has 0 radical (unpaired) electrons. The summed E-state index contributed by atoms with van der Waals surface area (Å²) < 4.78 is 22.1. The number of aromatic nitrogens is 2. The largest absolute Gasteiger partial charge is 0.463 e. The van der Waals surface area contributed by atoms with Crippen LogP contribution in [0, 0.1) is 18.2 Å². The van der Waals surface area contributed by atoms with Crippen LogP contribution in [0.25, 0.3) is 17.1 Å². The Morgan fingerprint density at radius 2 is 1.96 bits per heavy atom. The van der Waals surface area contributed by atoms with Crippen LogP contribution in [0.5, 0.6) is 0 Å². The minimum atomic E-state index is -0.325. The van der Waals surface area contributed by atoms with Crippen molar-refractivity contribution >= 4 is 5.71 Å². The maximum absolute atomic E-state index is 14.6. The molecule has 0 bridgehead atoms. The van der Waals surface area contributed by atoms with Gasteiger partial charge in [-0.1, -0.05) is 18.1 Å². The van der Waals surface area contributed by atoms with Gasteiger partial charge in [-0.15, -0.1) is 6.42 Å². The Bertz CT molecular complexity index is 1260. The zero-order valence-electron chi connectivity index (χ0n) is 14.8. The molecule has 4 aromatic rings. The summed E-state index contributed by atoms with van der Waals surface area (Å²) in [5.74, 6) is 2.99. The van der Waals surface area contributed by atoms with Gasteiger partial charge < -0.3 is 4.42 Å². The maximum atomic E-state index is 14.6. The van der Waals surface area contributed by atoms with E-state index in [2.05, 4.69) is 10.9 Å². The fraction of sp³-hybridized carbons (Fsp3) is 0.0435. The molecular weight excluding hydrogens is 353 g/mol. The molecule has 2 aromatic heterocycles. The van der Waals surface area contributed by atoms with Crippen LogP contribution in [0.2, 0.25) is 0 Å². The molecule has 4 nitrogen and oxygen atoms in total. The van der Waals surface area contributed by atoms with Crippen molar-refractivity contribution in [1.82, 2.24) is 9.55 Å². The molecule has 1 aliphatic rings. The average molecular weight is 367 g/mol. The third-order valence-corrected chi connectivity index (χ3v) is 4.81. The van der Waals surface area contributed by atoms with E-state index in [-0.39, 0.29) is 5.82 Å². The molecule has 134 valence electrons. The SMILES string of the molecule is C#Cc1ccc2c(c1)C(c1ccccc1F)=NCc1c(-c3ccco3)ncn1-2. The molecule has 3 heterocycles. The molecule has 28 heavy (non-hydrogen) atoms. The fourth-order valence-corrected chi connectivity index (χ4v) is 3.50. The van der Waals surface area contributed by atoms with Crippen LogP contribution in [0.1, 0.15) is 22.4 Å². The maximum Gasteiger partial charge on any atom is 0.154 e. The predicted octanol–water partition coefficient (Wildman–Crippen LogP) is 4.60. The quantitative estimate of drug-likeness (QED) is 0.486. The van der Waals surface area contributed by atoms with Crippen molar-refractivity contribution in [2.75, 3.05) is 0 Å². The summed E-state index contributed by atoms with van der Waals surface area (Å²) in [7, 11) is 0. The minimum Gasteiger partial charge on any atom is -0.463 e. The van der Waals surface area contributed by atoms with E-state index in [1.807, 2.05) is 34.9 Å². The van der Waals surface area contributed by atoms with Gasteiger partial charge in [0, 0.05) is 16.7 Å². The van der Waals surface area contributed by atoms with Gasteiger partial charge in [0.1, 0.15) is 17.8 Å². The van der Waals surface area contributed by atoms with Gasteiger partial charge in [0.25, 0.3) is 0 Å². The van der Waals surface area contributed by atoms with Crippen LogP contribution in [0.4, 0.5) is 4.39 Å². The van der Waals surface area contributed by atoms with E-state index in [1.54, 1.807) is 30.8 Å². The average Bonchev–Trinajstić information content (AvgIpc) is 3.36. The Labute approximate surface area is 161 Å². The van der Waals surface area contributed by atoms with Gasteiger partial charge in [0.05, 0.1) is 29.9 Å². The molecule has 2 aromatic carbocycles. The van der Waals surface area contributed by atoms with Gasteiger partial charge in [-0.05, 0) is 42.5 Å². The number of benzene rings is 2. The van der Waals surface area contributed by atoms with Gasteiger partial charge in [-0.2, -0.15) is 0 Å². The van der Waals surface area contributed by atoms with Gasteiger partial charge in [0.15, 0.2) is 5.76 Å². The molecule has 0 amide bonds. The molecule has 0 spiro atoms. The topological polar surface area (TPSA) is 43.3 Å². The summed E-state index contributed by atoms with van der Waals surface area (Å²) >= 11 is 0. The van der Waals surface area contributed by atoms with Crippen molar-refractivity contribution in [3.05, 3.63) is 95.4 Å². The summed E-state index contributed by atoms with van der Waals surface area (Å²) in [6.07, 6.45) is 8.95. The first-order chi connectivity index (χ1) is 13.8. The third-order valence-electron chi connectivity index (χ3n) is 4.81. The van der Waals surface area contributed by atoms with Gasteiger partial charge in [0.2, 0.25) is 0 Å². The molecule has 0 saturated heterocycles. The summed E-state index contributed by atoms with van der Waals surface area (Å²) in [4.78, 5) is 9.28. The van der Waals surface area contributed by atoms with E-state index in [0.717, 1.165) is 22.6 Å². The molecular formula is C23H14FN3O. The van der Waals surface area contributed by atoms with E-state index in [9.17, 15) is 4.39 Å². The summed E-state index contributed by atoms with van der Waals surface area (Å²) in [6.45, 7) is 0.333. The number of terminal acetylenes is 1.